The lowest BCUT2D eigenvalue weighted by Crippen LogP contribution is -2.26. The molecule has 0 amide bonds. The normalized spacial score (nSPS) is 23.3. The summed E-state index contributed by atoms with van der Waals surface area (Å²) in [6.45, 7) is 7.15. The fourth-order valence-electron chi connectivity index (χ4n) is 2.93. The minimum absolute atomic E-state index is 0.158. The molecule has 0 spiro atoms. The van der Waals surface area contributed by atoms with Crippen LogP contribution in [-0.4, -0.2) is 51.3 Å². The number of aromatic nitrogens is 4. The summed E-state index contributed by atoms with van der Waals surface area (Å²) in [5, 5.41) is 0. The topological polar surface area (TPSA) is 141 Å². The van der Waals surface area contributed by atoms with Crippen LogP contribution in [-0.2, 0) is 34.4 Å². The van der Waals surface area contributed by atoms with E-state index in [0.29, 0.717) is 17.7 Å². The predicted molar refractivity (Wildman–Crippen MR) is 108 cm³/mol. The quantitative estimate of drug-likeness (QED) is 0.350. The minimum atomic E-state index is -3.61. The van der Waals surface area contributed by atoms with Crippen molar-refractivity contribution in [2.24, 2.45) is 11.3 Å². The van der Waals surface area contributed by atoms with Crippen LogP contribution in [0.5, 0.6) is 0 Å². The van der Waals surface area contributed by atoms with Gasteiger partial charge in [-0.3, -0.25) is 13.9 Å². The summed E-state index contributed by atoms with van der Waals surface area (Å²) in [4.78, 5) is 24.3. The SMILES string of the molecule is COP(=O)(COC1(Cn2cnc3cnc(N)nc32)CC1C)OCOC(=O)C(C)(C)C. The maximum Gasteiger partial charge on any atom is 0.358 e. The van der Waals surface area contributed by atoms with Gasteiger partial charge in [0.1, 0.15) is 11.9 Å². The molecule has 1 aliphatic rings. The summed E-state index contributed by atoms with van der Waals surface area (Å²) in [6.07, 6.45) is 3.69. The summed E-state index contributed by atoms with van der Waals surface area (Å²) in [6, 6.07) is 0. The van der Waals surface area contributed by atoms with E-state index in [1.165, 1.54) is 7.11 Å². The number of anilines is 1. The van der Waals surface area contributed by atoms with Gasteiger partial charge in [0.15, 0.2) is 5.65 Å². The van der Waals surface area contributed by atoms with Crippen molar-refractivity contribution in [3.8, 4) is 0 Å². The number of fused-ring (bicyclic) bond motifs is 1. The Morgan fingerprint density at radius 2 is 2.10 bits per heavy atom. The van der Waals surface area contributed by atoms with Crippen LogP contribution in [0.3, 0.4) is 0 Å². The standard InChI is InChI=1S/C18H28N5O6P/c1-12-6-18(12,8-23-9-21-13-7-20-16(19)22-14(13)23)28-11-30(25,26-5)29-10-27-15(24)17(2,3)4/h7,9,12H,6,8,10-11H2,1-5H3,(H2,19,20,22). The number of hydrogen-bond acceptors (Lipinski definition) is 10. The van der Waals surface area contributed by atoms with E-state index in [1.807, 2.05) is 11.5 Å². The number of rotatable bonds is 9. The molecule has 0 radical (unpaired) electrons. The van der Waals surface area contributed by atoms with E-state index >= 15 is 0 Å². The third-order valence-electron chi connectivity index (χ3n) is 5.04. The number of carbonyl (C=O) groups excluding carboxylic acids is 1. The summed E-state index contributed by atoms with van der Waals surface area (Å²) in [7, 11) is -2.34. The van der Waals surface area contributed by atoms with Gasteiger partial charge >= 0.3 is 13.6 Å². The predicted octanol–water partition coefficient (Wildman–Crippen LogP) is 2.56. The Balaban J connectivity index is 1.62. The Labute approximate surface area is 174 Å². The van der Waals surface area contributed by atoms with Crippen LogP contribution in [0.25, 0.3) is 11.2 Å². The van der Waals surface area contributed by atoms with Gasteiger partial charge < -0.3 is 24.3 Å². The molecule has 166 valence electrons. The van der Waals surface area contributed by atoms with Crippen molar-refractivity contribution in [1.82, 2.24) is 19.5 Å². The van der Waals surface area contributed by atoms with Gasteiger partial charge in [0.05, 0.1) is 30.1 Å². The van der Waals surface area contributed by atoms with Gasteiger partial charge in [-0.05, 0) is 33.1 Å². The second kappa shape index (κ2) is 8.22. The van der Waals surface area contributed by atoms with Crippen LogP contribution in [0.1, 0.15) is 34.1 Å². The Kier molecular flexibility index (Phi) is 6.20. The maximum atomic E-state index is 12.8. The van der Waals surface area contributed by atoms with Gasteiger partial charge in [-0.25, -0.2) is 9.97 Å². The van der Waals surface area contributed by atoms with Crippen LogP contribution in [0.4, 0.5) is 5.95 Å². The molecule has 1 saturated carbocycles. The lowest BCUT2D eigenvalue weighted by Gasteiger charge is -2.23. The molecule has 0 aromatic carbocycles. The first-order valence-corrected chi connectivity index (χ1v) is 11.2. The van der Waals surface area contributed by atoms with Crippen molar-refractivity contribution in [3.63, 3.8) is 0 Å². The summed E-state index contributed by atoms with van der Waals surface area (Å²) >= 11 is 0. The fraction of sp³-hybridized carbons (Fsp3) is 0.667. The van der Waals surface area contributed by atoms with Crippen molar-refractivity contribution >= 4 is 30.7 Å². The molecule has 2 heterocycles. The van der Waals surface area contributed by atoms with Gasteiger partial charge in [-0.1, -0.05) is 6.92 Å². The largest absolute Gasteiger partial charge is 0.438 e. The molecular formula is C18H28N5O6P. The number of ether oxygens (including phenoxy) is 2. The first-order valence-electron chi connectivity index (χ1n) is 9.52. The molecule has 3 rings (SSSR count). The Hall–Kier alpha value is -2.07. The van der Waals surface area contributed by atoms with Crippen molar-refractivity contribution in [1.29, 1.82) is 0 Å². The molecular weight excluding hydrogens is 413 g/mol. The molecule has 30 heavy (non-hydrogen) atoms. The van der Waals surface area contributed by atoms with E-state index < -0.39 is 31.4 Å². The van der Waals surface area contributed by atoms with Gasteiger partial charge in [0, 0.05) is 7.11 Å². The van der Waals surface area contributed by atoms with Crippen LogP contribution < -0.4 is 5.73 Å². The molecule has 2 aromatic heterocycles. The molecule has 2 aromatic rings. The average molecular weight is 441 g/mol. The lowest BCUT2D eigenvalue weighted by molar-refractivity contribution is -0.160. The van der Waals surface area contributed by atoms with Crippen molar-refractivity contribution < 1.29 is 27.9 Å². The van der Waals surface area contributed by atoms with E-state index in [9.17, 15) is 9.36 Å². The van der Waals surface area contributed by atoms with Crippen LogP contribution >= 0.6 is 7.60 Å². The van der Waals surface area contributed by atoms with Gasteiger partial charge in [-0.2, -0.15) is 4.98 Å². The minimum Gasteiger partial charge on any atom is -0.438 e. The highest BCUT2D eigenvalue weighted by Crippen LogP contribution is 2.54. The second-order valence-corrected chi connectivity index (χ2v) is 10.6. The zero-order chi connectivity index (χ0) is 22.2. The Bertz CT molecular complexity index is 974. The number of imidazole rings is 1. The molecule has 11 nitrogen and oxygen atoms in total. The summed E-state index contributed by atoms with van der Waals surface area (Å²) in [5.74, 6) is -0.0880. The monoisotopic (exact) mass is 441 g/mol. The Morgan fingerprint density at radius 1 is 1.40 bits per heavy atom. The molecule has 1 aliphatic carbocycles. The first kappa shape index (κ1) is 22.6. The zero-order valence-corrected chi connectivity index (χ0v) is 18.7. The molecule has 0 bridgehead atoms. The molecule has 3 unspecified atom stereocenters. The van der Waals surface area contributed by atoms with E-state index in [2.05, 4.69) is 15.0 Å². The van der Waals surface area contributed by atoms with E-state index in [1.54, 1.807) is 33.3 Å². The van der Waals surface area contributed by atoms with Crippen LogP contribution in [0.15, 0.2) is 12.5 Å². The van der Waals surface area contributed by atoms with Crippen molar-refractivity contribution in [3.05, 3.63) is 12.5 Å². The molecule has 0 saturated heterocycles. The molecule has 12 heteroatoms. The summed E-state index contributed by atoms with van der Waals surface area (Å²) in [5.41, 5.74) is 5.66. The van der Waals surface area contributed by atoms with Crippen LogP contribution in [0, 0.1) is 11.3 Å². The van der Waals surface area contributed by atoms with Crippen LogP contribution in [0.2, 0.25) is 0 Å². The number of nitrogen functional groups attached to an aromatic ring is 1. The highest BCUT2D eigenvalue weighted by atomic mass is 31.2. The van der Waals surface area contributed by atoms with E-state index in [0.717, 1.165) is 6.42 Å². The molecule has 3 atom stereocenters. The summed E-state index contributed by atoms with van der Waals surface area (Å²) < 4.78 is 36.0. The average Bonchev–Trinajstić information content (AvgIpc) is 3.14. The van der Waals surface area contributed by atoms with Gasteiger partial charge in [0.25, 0.3) is 0 Å². The van der Waals surface area contributed by atoms with Crippen molar-refractivity contribution in [2.75, 3.05) is 26.0 Å². The van der Waals surface area contributed by atoms with E-state index in [-0.39, 0.29) is 18.2 Å². The molecule has 1 fully saturated rings. The number of nitrogens with two attached hydrogens (primary N) is 1. The van der Waals surface area contributed by atoms with Crippen molar-refractivity contribution in [2.45, 2.75) is 46.3 Å². The maximum absolute atomic E-state index is 12.8. The highest BCUT2D eigenvalue weighted by molar-refractivity contribution is 7.53. The number of hydrogen-bond donors (Lipinski definition) is 1. The smallest absolute Gasteiger partial charge is 0.358 e. The zero-order valence-electron chi connectivity index (χ0n) is 17.8. The lowest BCUT2D eigenvalue weighted by atomic mass is 9.98. The number of carbonyl (C=O) groups is 1. The first-order chi connectivity index (χ1) is 14.0. The number of esters is 1. The molecule has 0 aliphatic heterocycles. The van der Waals surface area contributed by atoms with Gasteiger partial charge in [-0.15, -0.1) is 0 Å². The number of nitrogens with zero attached hydrogens (tertiary/aromatic N) is 4. The third kappa shape index (κ3) is 4.97. The second-order valence-electron chi connectivity index (χ2n) is 8.48. The fourth-order valence-corrected chi connectivity index (χ4v) is 3.84. The van der Waals surface area contributed by atoms with Gasteiger partial charge in [0.2, 0.25) is 12.7 Å². The molecule has 2 N–H and O–H groups in total. The third-order valence-corrected chi connectivity index (χ3v) is 6.55. The highest BCUT2D eigenvalue weighted by Gasteiger charge is 2.54. The Morgan fingerprint density at radius 3 is 2.70 bits per heavy atom. The van der Waals surface area contributed by atoms with E-state index in [4.69, 9.17) is 24.3 Å².